The van der Waals surface area contributed by atoms with E-state index in [9.17, 15) is 79.9 Å². The minimum absolute atomic E-state index is 0.166. The van der Waals surface area contributed by atoms with Gasteiger partial charge in [-0.3, -0.25) is 18.1 Å². The largest absolute Gasteiger partial charge is 0.474 e. The monoisotopic (exact) mass is 664 g/mol. The molecule has 2 aliphatic rings. The summed E-state index contributed by atoms with van der Waals surface area (Å²) >= 11 is 0. The number of hydrogen-bond donors (Lipinski definition) is 13. The zero-order chi connectivity index (χ0) is 32.2. The molecule has 248 valence electrons. The van der Waals surface area contributed by atoms with E-state index in [-0.39, 0.29) is 6.29 Å². The number of phosphoric acid groups is 2. The first kappa shape index (κ1) is 37.6. The summed E-state index contributed by atoms with van der Waals surface area (Å²) in [7, 11) is -10.7. The highest BCUT2D eigenvalue weighted by atomic mass is 31.2. The van der Waals surface area contributed by atoms with E-state index in [0.717, 1.165) is 0 Å². The first-order valence-corrected chi connectivity index (χ1v) is 14.8. The summed E-state index contributed by atoms with van der Waals surface area (Å²) in [5, 5.41) is 107. The molecule has 42 heavy (non-hydrogen) atoms. The highest BCUT2D eigenvalue weighted by Crippen LogP contribution is 2.49. The molecule has 0 bridgehead atoms. The van der Waals surface area contributed by atoms with Crippen molar-refractivity contribution in [3.63, 3.8) is 0 Å². The Bertz CT molecular complexity index is 954. The van der Waals surface area contributed by atoms with Gasteiger partial charge in [-0.25, -0.2) is 9.13 Å². The van der Waals surface area contributed by atoms with Crippen molar-refractivity contribution >= 4 is 21.9 Å². The third-order valence-electron chi connectivity index (χ3n) is 6.04. The predicted molar refractivity (Wildman–Crippen MR) is 124 cm³/mol. The van der Waals surface area contributed by atoms with E-state index in [1.54, 1.807) is 0 Å². The number of aliphatic hydroxyl groups excluding tert-OH is 11. The van der Waals surface area contributed by atoms with Crippen LogP contribution in [0, 0.1) is 0 Å². The van der Waals surface area contributed by atoms with Crippen LogP contribution in [-0.4, -0.2) is 178 Å². The van der Waals surface area contributed by atoms with Crippen LogP contribution in [0.2, 0.25) is 0 Å². The van der Waals surface area contributed by atoms with Gasteiger partial charge in [-0.05, 0) is 0 Å². The molecular weight excluding hydrogens is 630 g/mol. The maximum absolute atomic E-state index is 12.4. The van der Waals surface area contributed by atoms with E-state index in [4.69, 9.17) is 9.47 Å². The van der Waals surface area contributed by atoms with Gasteiger partial charge in [0.25, 0.3) is 0 Å². The van der Waals surface area contributed by atoms with Crippen LogP contribution >= 0.6 is 15.6 Å². The molecule has 0 aromatic carbocycles. The van der Waals surface area contributed by atoms with Gasteiger partial charge in [-0.1, -0.05) is 0 Å². The van der Waals surface area contributed by atoms with Crippen molar-refractivity contribution < 1.29 is 107 Å². The average Bonchev–Trinajstić information content (AvgIpc) is 2.94. The van der Waals surface area contributed by atoms with Crippen molar-refractivity contribution in [3.05, 3.63) is 0 Å². The Morgan fingerprint density at radius 2 is 1.14 bits per heavy atom. The SMILES string of the molecule is O=C[C@@H](O)[C@@H](O)[C@H](O)[C@H](O)COP(=O)(O)O[C@H]1O[C@H](COP(=O)(O)O[C@H]2O[C@H](CO)[C@@H](O)[C@H](O)[C@@H]2O)[C@@H](O)[C@H](O)[C@@H]1O. The molecule has 0 radical (unpaired) electrons. The second-order valence-corrected chi connectivity index (χ2v) is 11.9. The number of carbonyl (C=O) groups excluding carboxylic acids is 1. The van der Waals surface area contributed by atoms with Crippen LogP contribution in [0.4, 0.5) is 0 Å². The molecule has 2 fully saturated rings. The molecule has 16 atom stereocenters. The number of rotatable bonds is 15. The molecule has 2 rings (SSSR count). The summed E-state index contributed by atoms with van der Waals surface area (Å²) in [6.07, 6.45) is -29.2. The Kier molecular flexibility index (Phi) is 13.9. The van der Waals surface area contributed by atoms with Gasteiger partial charge in [-0.15, -0.1) is 0 Å². The van der Waals surface area contributed by atoms with Crippen LogP contribution in [0.5, 0.6) is 0 Å². The molecular formula is C18H34O22P2. The molecule has 2 aliphatic heterocycles. The highest BCUT2D eigenvalue weighted by molar-refractivity contribution is 7.47. The minimum Gasteiger partial charge on any atom is -0.394 e. The predicted octanol–water partition coefficient (Wildman–Crippen LogP) is -7.50. The van der Waals surface area contributed by atoms with E-state index in [1.807, 2.05) is 0 Å². The molecule has 0 spiro atoms. The van der Waals surface area contributed by atoms with Crippen molar-refractivity contribution in [1.29, 1.82) is 0 Å². The fourth-order valence-electron chi connectivity index (χ4n) is 3.57. The van der Waals surface area contributed by atoms with Gasteiger partial charge in [0.2, 0.25) is 0 Å². The highest BCUT2D eigenvalue weighted by Gasteiger charge is 2.50. The van der Waals surface area contributed by atoms with Crippen LogP contribution in [0.3, 0.4) is 0 Å². The number of hydrogen-bond acceptors (Lipinski definition) is 20. The molecule has 0 aromatic rings. The Morgan fingerprint density at radius 1 is 0.690 bits per heavy atom. The molecule has 2 unspecified atom stereocenters. The van der Waals surface area contributed by atoms with E-state index >= 15 is 0 Å². The summed E-state index contributed by atoms with van der Waals surface area (Å²) in [5.74, 6) is 0. The maximum atomic E-state index is 12.4. The Hall–Kier alpha value is -0.630. The lowest BCUT2D eigenvalue weighted by Crippen LogP contribution is -2.59. The summed E-state index contributed by atoms with van der Waals surface area (Å²) in [6.45, 7) is -3.33. The second kappa shape index (κ2) is 15.6. The second-order valence-electron chi connectivity index (χ2n) is 9.13. The average molecular weight is 664 g/mol. The van der Waals surface area contributed by atoms with Crippen LogP contribution < -0.4 is 0 Å². The molecule has 0 aliphatic carbocycles. The van der Waals surface area contributed by atoms with Crippen LogP contribution in [0.15, 0.2) is 0 Å². The summed E-state index contributed by atoms with van der Waals surface area (Å²) < 4.78 is 52.7. The Labute approximate surface area is 235 Å². The molecule has 2 saturated heterocycles. The normalized spacial score (nSPS) is 39.8. The number of carbonyl (C=O) groups is 1. The van der Waals surface area contributed by atoms with Crippen LogP contribution in [-0.2, 0) is 41.5 Å². The molecule has 22 nitrogen and oxygen atoms in total. The Morgan fingerprint density at radius 3 is 1.62 bits per heavy atom. The number of phosphoric ester groups is 2. The van der Waals surface area contributed by atoms with Crippen molar-refractivity contribution in [1.82, 2.24) is 0 Å². The van der Waals surface area contributed by atoms with Crippen molar-refractivity contribution in [3.8, 4) is 0 Å². The minimum atomic E-state index is -5.37. The first-order chi connectivity index (χ1) is 19.4. The molecule has 0 aromatic heterocycles. The summed E-state index contributed by atoms with van der Waals surface area (Å²) in [4.78, 5) is 30.3. The standard InChI is InChI=1S/C18H34O22P2/c19-1-5(21)9(23)10(24)6(22)3-35-41(31,32)40-18-16(30)14(28)12(26)8(38-18)4-36-42(33,34)39-17-15(29)13(27)11(25)7(2-20)37-17/h1,5-18,20-30H,2-4H2,(H,31,32)(H,33,34)/t5-,6-,7-,8-,9-,10-,11-,12-,13+,14+,15+,16+,17-,18-/m1/s1. The maximum Gasteiger partial charge on any atom is 0.474 e. The van der Waals surface area contributed by atoms with Crippen molar-refractivity contribution in [2.24, 2.45) is 0 Å². The Balaban J connectivity index is 2.00. The van der Waals surface area contributed by atoms with Crippen LogP contribution in [0.25, 0.3) is 0 Å². The molecule has 0 amide bonds. The van der Waals surface area contributed by atoms with E-state index in [1.165, 1.54) is 0 Å². The first-order valence-electron chi connectivity index (χ1n) is 11.8. The summed E-state index contributed by atoms with van der Waals surface area (Å²) in [6, 6.07) is 0. The number of aldehydes is 1. The van der Waals surface area contributed by atoms with Gasteiger partial charge < -0.3 is 80.2 Å². The molecule has 13 N–H and O–H groups in total. The zero-order valence-electron chi connectivity index (χ0n) is 21.2. The third-order valence-corrected chi connectivity index (χ3v) is 7.93. The van der Waals surface area contributed by atoms with E-state index in [2.05, 4.69) is 18.1 Å². The van der Waals surface area contributed by atoms with E-state index in [0.29, 0.717) is 0 Å². The van der Waals surface area contributed by atoms with Crippen molar-refractivity contribution in [2.45, 2.75) is 85.8 Å². The number of aliphatic hydroxyl groups is 11. The van der Waals surface area contributed by atoms with Gasteiger partial charge in [-0.2, -0.15) is 0 Å². The quantitative estimate of drug-likeness (QED) is 0.0571. The van der Waals surface area contributed by atoms with Crippen LogP contribution in [0.1, 0.15) is 0 Å². The summed E-state index contributed by atoms with van der Waals surface area (Å²) in [5.41, 5.74) is 0. The third kappa shape index (κ3) is 9.68. The topological polar surface area (TPSA) is 370 Å². The fourth-order valence-corrected chi connectivity index (χ4v) is 5.24. The lowest BCUT2D eigenvalue weighted by Gasteiger charge is -2.41. The number of ether oxygens (including phenoxy) is 2. The van der Waals surface area contributed by atoms with Gasteiger partial charge in [0.05, 0.1) is 19.8 Å². The molecule has 24 heteroatoms. The van der Waals surface area contributed by atoms with Gasteiger partial charge >= 0.3 is 15.6 Å². The lowest BCUT2D eigenvalue weighted by molar-refractivity contribution is -0.286. The van der Waals surface area contributed by atoms with E-state index < -0.39 is 121 Å². The van der Waals surface area contributed by atoms with Crippen molar-refractivity contribution in [2.75, 3.05) is 19.8 Å². The molecule has 2 heterocycles. The van der Waals surface area contributed by atoms with Gasteiger partial charge in [0.15, 0.2) is 18.9 Å². The lowest BCUT2D eigenvalue weighted by atomic mass is 9.99. The van der Waals surface area contributed by atoms with Gasteiger partial charge in [0.1, 0.15) is 73.2 Å². The molecule has 0 saturated carbocycles. The fraction of sp³-hybridized carbons (Fsp3) is 0.944. The smallest absolute Gasteiger partial charge is 0.394 e. The zero-order valence-corrected chi connectivity index (χ0v) is 23.0. The van der Waals surface area contributed by atoms with Gasteiger partial charge in [0, 0.05) is 0 Å².